The van der Waals surface area contributed by atoms with E-state index >= 15 is 0 Å². The lowest BCUT2D eigenvalue weighted by atomic mass is 9.96. The van der Waals surface area contributed by atoms with Crippen molar-refractivity contribution < 1.29 is 8.81 Å². The van der Waals surface area contributed by atoms with Crippen molar-refractivity contribution in [3.05, 3.63) is 127 Å². The van der Waals surface area contributed by atoms with Crippen LogP contribution < -0.4 is 0 Å². The van der Waals surface area contributed by atoms with Gasteiger partial charge in [0, 0.05) is 17.0 Å². The molecule has 0 saturated carbocycles. The number of aromatic nitrogens is 1. The van der Waals surface area contributed by atoms with Crippen LogP contribution in [0.25, 0.3) is 66.2 Å². The van der Waals surface area contributed by atoms with Gasteiger partial charge in [0.25, 0.3) is 0 Å². The molecule has 7 aromatic rings. The maximum atomic E-state index is 13.3. The number of furan rings is 1. The van der Waals surface area contributed by atoms with Crippen molar-refractivity contribution in [2.24, 2.45) is 0 Å². The molecule has 0 bridgehead atoms. The number of benzene rings is 5. The zero-order valence-corrected chi connectivity index (χ0v) is 19.3. The molecule has 5 aromatic carbocycles. The van der Waals surface area contributed by atoms with E-state index in [9.17, 15) is 4.39 Å². The van der Waals surface area contributed by atoms with E-state index in [1.54, 1.807) is 6.20 Å². The van der Waals surface area contributed by atoms with E-state index in [1.807, 2.05) is 30.3 Å². The predicted octanol–water partition coefficient (Wildman–Crippen LogP) is 9.27. The lowest BCUT2D eigenvalue weighted by molar-refractivity contribution is 0.628. The van der Waals surface area contributed by atoms with Crippen LogP contribution in [0.2, 0.25) is 0 Å². The highest BCUT2D eigenvalue weighted by molar-refractivity contribution is 6.05. The van der Waals surface area contributed by atoms with Gasteiger partial charge in [0.15, 0.2) is 0 Å². The molecule has 2 nitrogen and oxygen atoms in total. The Morgan fingerprint density at radius 1 is 0.500 bits per heavy atom. The monoisotopic (exact) mass is 465 g/mol. The Bertz CT molecular complexity index is 1880. The van der Waals surface area contributed by atoms with Crippen molar-refractivity contribution >= 4 is 32.8 Å². The molecule has 170 valence electrons. The Balaban J connectivity index is 1.23. The molecule has 0 saturated heterocycles. The van der Waals surface area contributed by atoms with Crippen LogP contribution in [0.4, 0.5) is 4.39 Å². The molecule has 0 radical (unpaired) electrons. The van der Waals surface area contributed by atoms with Gasteiger partial charge < -0.3 is 4.42 Å². The highest BCUT2D eigenvalue weighted by Gasteiger charge is 2.09. The molecule has 36 heavy (non-hydrogen) atoms. The minimum absolute atomic E-state index is 0.222. The summed E-state index contributed by atoms with van der Waals surface area (Å²) in [6.07, 6.45) is 1.75. The summed E-state index contributed by atoms with van der Waals surface area (Å²) in [6, 6.07) is 38.4. The molecule has 2 heterocycles. The van der Waals surface area contributed by atoms with Crippen molar-refractivity contribution in [2.75, 3.05) is 0 Å². The second kappa shape index (κ2) is 8.17. The summed E-state index contributed by atoms with van der Waals surface area (Å²) in [4.78, 5) is 4.33. The second-order valence-corrected chi connectivity index (χ2v) is 9.03. The molecule has 0 amide bonds. The molecular weight excluding hydrogens is 445 g/mol. The fourth-order valence-electron chi connectivity index (χ4n) is 4.89. The minimum atomic E-state index is -0.222. The smallest absolute Gasteiger partial charge is 0.227 e. The third-order valence-electron chi connectivity index (χ3n) is 6.82. The lowest BCUT2D eigenvalue weighted by Crippen LogP contribution is -1.83. The first-order valence-corrected chi connectivity index (χ1v) is 11.9. The summed E-state index contributed by atoms with van der Waals surface area (Å²) < 4.78 is 19.2. The van der Waals surface area contributed by atoms with Crippen LogP contribution in [0.5, 0.6) is 0 Å². The van der Waals surface area contributed by atoms with E-state index in [4.69, 9.17) is 4.42 Å². The average Bonchev–Trinajstić information content (AvgIpc) is 3.31. The first kappa shape index (κ1) is 20.6. The first-order valence-electron chi connectivity index (χ1n) is 11.9. The molecule has 0 N–H and O–H groups in total. The van der Waals surface area contributed by atoms with Crippen LogP contribution in [-0.4, -0.2) is 4.98 Å². The zero-order valence-electron chi connectivity index (χ0n) is 19.3. The minimum Gasteiger partial charge on any atom is -0.438 e. The highest BCUT2D eigenvalue weighted by atomic mass is 19.1. The van der Waals surface area contributed by atoms with Gasteiger partial charge >= 0.3 is 0 Å². The molecular formula is C33H20FNO. The average molecular weight is 466 g/mol. The van der Waals surface area contributed by atoms with Crippen LogP contribution in [-0.2, 0) is 0 Å². The largest absolute Gasteiger partial charge is 0.438 e. The maximum absolute atomic E-state index is 13.3. The molecule has 2 aromatic heterocycles. The van der Waals surface area contributed by atoms with Gasteiger partial charge in [0.2, 0.25) is 5.71 Å². The van der Waals surface area contributed by atoms with E-state index in [-0.39, 0.29) is 5.82 Å². The predicted molar refractivity (Wildman–Crippen MR) is 145 cm³/mol. The molecule has 7 rings (SSSR count). The van der Waals surface area contributed by atoms with Gasteiger partial charge in [0.1, 0.15) is 11.4 Å². The number of hydrogen-bond donors (Lipinski definition) is 0. The van der Waals surface area contributed by atoms with E-state index in [1.165, 1.54) is 17.5 Å². The zero-order chi connectivity index (χ0) is 24.1. The van der Waals surface area contributed by atoms with Crippen molar-refractivity contribution in [3.8, 4) is 33.4 Å². The summed E-state index contributed by atoms with van der Waals surface area (Å²) in [5.41, 5.74) is 8.21. The van der Waals surface area contributed by atoms with Crippen LogP contribution in [0, 0.1) is 5.82 Å². The summed E-state index contributed by atoms with van der Waals surface area (Å²) >= 11 is 0. The number of pyridine rings is 1. The van der Waals surface area contributed by atoms with Gasteiger partial charge in [-0.05, 0) is 92.7 Å². The fraction of sp³-hybridized carbons (Fsp3) is 0. The molecule has 3 heteroatoms. The van der Waals surface area contributed by atoms with Crippen molar-refractivity contribution in [1.82, 2.24) is 4.98 Å². The van der Waals surface area contributed by atoms with Crippen LogP contribution in [0.15, 0.2) is 126 Å². The van der Waals surface area contributed by atoms with Gasteiger partial charge in [-0.3, -0.25) is 0 Å². The van der Waals surface area contributed by atoms with Crippen LogP contribution in [0.1, 0.15) is 0 Å². The Morgan fingerprint density at radius 2 is 1.06 bits per heavy atom. The van der Waals surface area contributed by atoms with Gasteiger partial charge in [-0.25, -0.2) is 9.37 Å². The molecule has 0 aliphatic heterocycles. The summed E-state index contributed by atoms with van der Waals surface area (Å²) in [7, 11) is 0. The number of fused-ring (bicyclic) bond motifs is 4. The summed E-state index contributed by atoms with van der Waals surface area (Å²) in [5, 5.41) is 4.44. The summed E-state index contributed by atoms with van der Waals surface area (Å²) in [6.45, 7) is 0. The van der Waals surface area contributed by atoms with Gasteiger partial charge in [0.05, 0.1) is 0 Å². The number of halogens is 1. The van der Waals surface area contributed by atoms with E-state index in [0.29, 0.717) is 5.71 Å². The number of rotatable bonds is 3. The molecule has 0 atom stereocenters. The normalized spacial score (nSPS) is 11.5. The SMILES string of the molecule is Fc1ccc(-c2ccc3ccc(-c4ccc(-c5ccc6oc7ncccc7c6c5)cc4)cc3c2)cc1. The molecule has 0 unspecified atom stereocenters. The van der Waals surface area contributed by atoms with Gasteiger partial charge in [-0.15, -0.1) is 0 Å². The molecule has 0 aliphatic rings. The van der Waals surface area contributed by atoms with E-state index in [0.717, 1.165) is 55.1 Å². The third-order valence-corrected chi connectivity index (χ3v) is 6.82. The number of nitrogens with zero attached hydrogens (tertiary/aromatic N) is 1. The Kier molecular flexibility index (Phi) is 4.68. The van der Waals surface area contributed by atoms with Crippen LogP contribution >= 0.6 is 0 Å². The number of hydrogen-bond acceptors (Lipinski definition) is 2. The molecule has 0 fully saturated rings. The Morgan fingerprint density at radius 3 is 1.72 bits per heavy atom. The lowest BCUT2D eigenvalue weighted by Gasteiger charge is -2.08. The highest BCUT2D eigenvalue weighted by Crippen LogP contribution is 2.33. The first-order chi connectivity index (χ1) is 17.7. The van der Waals surface area contributed by atoms with Gasteiger partial charge in [-0.1, -0.05) is 66.7 Å². The Hall–Kier alpha value is -4.76. The van der Waals surface area contributed by atoms with E-state index in [2.05, 4.69) is 77.8 Å². The van der Waals surface area contributed by atoms with Crippen molar-refractivity contribution in [3.63, 3.8) is 0 Å². The molecule has 0 aliphatic carbocycles. The van der Waals surface area contributed by atoms with E-state index < -0.39 is 0 Å². The van der Waals surface area contributed by atoms with Crippen LogP contribution in [0.3, 0.4) is 0 Å². The Labute approximate surface area is 207 Å². The fourth-order valence-corrected chi connectivity index (χ4v) is 4.89. The van der Waals surface area contributed by atoms with Crippen molar-refractivity contribution in [2.45, 2.75) is 0 Å². The molecule has 0 spiro atoms. The second-order valence-electron chi connectivity index (χ2n) is 9.03. The standard InChI is InChI=1S/C33H20FNO/c34-29-14-11-23(12-15-29)26-10-8-24-7-9-25(18-28(24)19-26)21-3-5-22(6-4-21)27-13-16-32-31(20-27)30-2-1-17-35-33(30)36-32/h1-20H. The van der Waals surface area contributed by atoms with Crippen molar-refractivity contribution in [1.29, 1.82) is 0 Å². The third kappa shape index (κ3) is 3.53. The summed E-state index contributed by atoms with van der Waals surface area (Å²) in [5.74, 6) is -0.222. The quantitative estimate of drug-likeness (QED) is 0.260. The maximum Gasteiger partial charge on any atom is 0.227 e. The topological polar surface area (TPSA) is 26.0 Å². The van der Waals surface area contributed by atoms with Gasteiger partial charge in [-0.2, -0.15) is 0 Å².